The van der Waals surface area contributed by atoms with Gasteiger partial charge < -0.3 is 23.9 Å². The Bertz CT molecular complexity index is 1250. The third kappa shape index (κ3) is 4.90. The Balaban J connectivity index is 1.86. The summed E-state index contributed by atoms with van der Waals surface area (Å²) in [5, 5.41) is 10.4. The highest BCUT2D eigenvalue weighted by molar-refractivity contribution is 5.83. The standard InChI is InChI=1S/C25H26F3NO5/c1-13-7-14(2)9-17(8-13)33-23-21(31)18-5-6-20(30)19(22(18)34-24(23)25(26,27)28)12-29-10-15(3)32-16(4)11-29/h5-9,15-16,30H,10-12H2,1-4H3/p+1/t15-,16-/m1/s1. The molecule has 0 spiro atoms. The number of phenols is 1. The molecule has 1 aliphatic heterocycles. The third-order valence-electron chi connectivity index (χ3n) is 5.81. The molecule has 1 fully saturated rings. The molecule has 0 radical (unpaired) electrons. The first-order valence-corrected chi connectivity index (χ1v) is 11.1. The second-order valence-electron chi connectivity index (χ2n) is 9.04. The summed E-state index contributed by atoms with van der Waals surface area (Å²) in [6.07, 6.45) is -5.09. The fourth-order valence-electron chi connectivity index (χ4n) is 4.63. The number of rotatable bonds is 4. The molecule has 0 amide bonds. The normalized spacial score (nSPS) is 21.1. The molecular weight excluding hydrogens is 451 g/mol. The van der Waals surface area contributed by atoms with Gasteiger partial charge in [0.05, 0.1) is 10.9 Å². The van der Waals surface area contributed by atoms with Crippen LogP contribution in [0.5, 0.6) is 17.2 Å². The fraction of sp³-hybridized carbons (Fsp3) is 0.400. The van der Waals surface area contributed by atoms with Crippen molar-refractivity contribution in [2.24, 2.45) is 0 Å². The van der Waals surface area contributed by atoms with Crippen LogP contribution in [0.15, 0.2) is 39.5 Å². The lowest BCUT2D eigenvalue weighted by molar-refractivity contribution is -0.928. The minimum Gasteiger partial charge on any atom is -0.507 e. The number of hydrogen-bond donors (Lipinski definition) is 2. The van der Waals surface area contributed by atoms with Gasteiger partial charge in [-0.15, -0.1) is 0 Å². The van der Waals surface area contributed by atoms with E-state index in [2.05, 4.69) is 0 Å². The van der Waals surface area contributed by atoms with Crippen LogP contribution in [0.25, 0.3) is 11.0 Å². The number of quaternary nitrogens is 1. The number of aromatic hydroxyl groups is 1. The molecule has 4 rings (SSSR count). The fourth-order valence-corrected chi connectivity index (χ4v) is 4.63. The van der Waals surface area contributed by atoms with Crippen molar-refractivity contribution in [2.75, 3.05) is 13.1 Å². The van der Waals surface area contributed by atoms with Crippen molar-refractivity contribution < 1.29 is 37.1 Å². The van der Waals surface area contributed by atoms with E-state index in [4.69, 9.17) is 13.9 Å². The number of nitrogens with one attached hydrogen (secondary N) is 1. The number of fused-ring (bicyclic) bond motifs is 1. The predicted octanol–water partition coefficient (Wildman–Crippen LogP) is 4.12. The molecule has 0 aliphatic carbocycles. The van der Waals surface area contributed by atoms with Gasteiger partial charge >= 0.3 is 6.18 Å². The van der Waals surface area contributed by atoms with E-state index in [1.165, 1.54) is 12.1 Å². The lowest BCUT2D eigenvalue weighted by Gasteiger charge is -2.32. The first kappa shape index (κ1) is 24.1. The molecule has 182 valence electrons. The Morgan fingerprint density at radius 1 is 1.09 bits per heavy atom. The van der Waals surface area contributed by atoms with Gasteiger partial charge in [0.1, 0.15) is 43.3 Å². The number of phenolic OH excluding ortho intramolecular Hbond substituents is 1. The summed E-state index contributed by atoms with van der Waals surface area (Å²) in [6, 6.07) is 7.49. The number of aryl methyl sites for hydroxylation is 2. The molecular formula is C25H27F3NO5+. The summed E-state index contributed by atoms with van der Waals surface area (Å²) in [5.41, 5.74) is 0.460. The lowest BCUT2D eigenvalue weighted by Crippen LogP contribution is -3.14. The van der Waals surface area contributed by atoms with Crippen LogP contribution in [0.4, 0.5) is 13.2 Å². The molecule has 2 atom stereocenters. The molecule has 3 aromatic rings. The minimum atomic E-state index is -4.99. The SMILES string of the molecule is Cc1cc(C)cc(Oc2c(C(F)(F)F)oc3c(C[NH+]4C[C@@H](C)O[C@H](C)C4)c(O)ccc3c2=O)c1. The van der Waals surface area contributed by atoms with Crippen LogP contribution in [0, 0.1) is 13.8 Å². The number of halogens is 3. The lowest BCUT2D eigenvalue weighted by atomic mass is 10.1. The smallest absolute Gasteiger partial charge is 0.453 e. The number of ether oxygens (including phenoxy) is 2. The zero-order valence-electron chi connectivity index (χ0n) is 19.4. The highest BCUT2D eigenvalue weighted by Crippen LogP contribution is 2.40. The van der Waals surface area contributed by atoms with E-state index < -0.39 is 23.1 Å². The van der Waals surface area contributed by atoms with Gasteiger partial charge in [-0.3, -0.25) is 4.79 Å². The third-order valence-corrected chi connectivity index (χ3v) is 5.81. The van der Waals surface area contributed by atoms with Gasteiger partial charge in [0.25, 0.3) is 5.76 Å². The largest absolute Gasteiger partial charge is 0.507 e. The van der Waals surface area contributed by atoms with E-state index in [0.717, 1.165) is 16.0 Å². The summed E-state index contributed by atoms with van der Waals surface area (Å²) in [4.78, 5) is 14.2. The molecule has 9 heteroatoms. The maximum atomic E-state index is 14.0. The summed E-state index contributed by atoms with van der Waals surface area (Å²) in [5.74, 6) is -2.59. The molecule has 1 saturated heterocycles. The van der Waals surface area contributed by atoms with Crippen molar-refractivity contribution in [1.82, 2.24) is 0 Å². The van der Waals surface area contributed by atoms with Crippen molar-refractivity contribution in [1.29, 1.82) is 0 Å². The van der Waals surface area contributed by atoms with Gasteiger partial charge in [-0.2, -0.15) is 13.2 Å². The predicted molar refractivity (Wildman–Crippen MR) is 120 cm³/mol. The molecule has 0 bridgehead atoms. The molecule has 2 N–H and O–H groups in total. The monoisotopic (exact) mass is 478 g/mol. The molecule has 6 nitrogen and oxygen atoms in total. The first-order chi connectivity index (χ1) is 15.9. The Morgan fingerprint density at radius 2 is 1.71 bits per heavy atom. The maximum Gasteiger partial charge on any atom is 0.453 e. The molecule has 34 heavy (non-hydrogen) atoms. The van der Waals surface area contributed by atoms with Gasteiger partial charge in [-0.1, -0.05) is 6.07 Å². The van der Waals surface area contributed by atoms with E-state index in [9.17, 15) is 23.1 Å². The van der Waals surface area contributed by atoms with E-state index in [-0.39, 0.29) is 46.8 Å². The molecule has 0 unspecified atom stereocenters. The highest BCUT2D eigenvalue weighted by Gasteiger charge is 2.41. The van der Waals surface area contributed by atoms with Crippen molar-refractivity contribution in [3.8, 4) is 17.2 Å². The number of alkyl halides is 3. The van der Waals surface area contributed by atoms with Crippen LogP contribution in [0.1, 0.15) is 36.3 Å². The molecule has 2 aromatic carbocycles. The summed E-state index contributed by atoms with van der Waals surface area (Å²) in [7, 11) is 0. The van der Waals surface area contributed by atoms with Gasteiger partial charge in [0.15, 0.2) is 5.58 Å². The van der Waals surface area contributed by atoms with Crippen molar-refractivity contribution in [3.63, 3.8) is 0 Å². The Labute approximate surface area is 194 Å². The number of benzene rings is 2. The van der Waals surface area contributed by atoms with Crippen LogP contribution in [-0.4, -0.2) is 30.4 Å². The van der Waals surface area contributed by atoms with Crippen LogP contribution in [0.3, 0.4) is 0 Å². The topological polar surface area (TPSA) is 73.3 Å². The first-order valence-electron chi connectivity index (χ1n) is 11.1. The van der Waals surface area contributed by atoms with Crippen molar-refractivity contribution >= 4 is 11.0 Å². The van der Waals surface area contributed by atoms with E-state index >= 15 is 0 Å². The van der Waals surface area contributed by atoms with E-state index in [1.807, 2.05) is 19.9 Å². The van der Waals surface area contributed by atoms with Crippen molar-refractivity contribution in [2.45, 2.75) is 52.6 Å². The Kier molecular flexibility index (Phi) is 6.35. The van der Waals surface area contributed by atoms with E-state index in [1.54, 1.807) is 26.0 Å². The quantitative estimate of drug-likeness (QED) is 0.590. The van der Waals surface area contributed by atoms with Crippen LogP contribution >= 0.6 is 0 Å². The second kappa shape index (κ2) is 8.96. The van der Waals surface area contributed by atoms with Crippen LogP contribution in [-0.2, 0) is 17.5 Å². The minimum absolute atomic E-state index is 0.0496. The Morgan fingerprint density at radius 3 is 2.29 bits per heavy atom. The molecule has 2 heterocycles. The maximum absolute atomic E-state index is 14.0. The second-order valence-corrected chi connectivity index (χ2v) is 9.04. The van der Waals surface area contributed by atoms with E-state index in [0.29, 0.717) is 13.1 Å². The summed E-state index contributed by atoms with van der Waals surface area (Å²) >= 11 is 0. The average molecular weight is 478 g/mol. The van der Waals surface area contributed by atoms with Crippen LogP contribution in [0.2, 0.25) is 0 Å². The number of hydrogen-bond acceptors (Lipinski definition) is 5. The van der Waals surface area contributed by atoms with Gasteiger partial charge in [0.2, 0.25) is 11.2 Å². The summed E-state index contributed by atoms with van der Waals surface area (Å²) < 4.78 is 58.6. The molecule has 1 aromatic heterocycles. The van der Waals surface area contributed by atoms with Gasteiger partial charge in [-0.05, 0) is 63.1 Å². The highest BCUT2D eigenvalue weighted by atomic mass is 19.4. The zero-order chi connectivity index (χ0) is 24.8. The summed E-state index contributed by atoms with van der Waals surface area (Å²) in [6.45, 7) is 8.76. The zero-order valence-corrected chi connectivity index (χ0v) is 19.4. The van der Waals surface area contributed by atoms with Gasteiger partial charge in [0, 0.05) is 0 Å². The van der Waals surface area contributed by atoms with Gasteiger partial charge in [-0.25, -0.2) is 0 Å². The number of morpholine rings is 1. The molecule has 1 aliphatic rings. The average Bonchev–Trinajstić information content (AvgIpc) is 2.69. The Hall–Kier alpha value is -3.04. The molecule has 0 saturated carbocycles. The van der Waals surface area contributed by atoms with Crippen molar-refractivity contribution in [3.05, 3.63) is 63.0 Å². The van der Waals surface area contributed by atoms with Crippen LogP contribution < -0.4 is 15.1 Å².